The number of nitro benzene ring substituents is 1. The maximum Gasteiger partial charge on any atom is 0.416 e. The second kappa shape index (κ2) is 50.3. The zero-order valence-electron chi connectivity index (χ0n) is 76.5. The Morgan fingerprint density at radius 2 is 1.33 bits per heavy atom. The second-order valence-corrected chi connectivity index (χ2v) is 36.2. The van der Waals surface area contributed by atoms with Crippen LogP contribution in [0.2, 0.25) is 0 Å². The Labute approximate surface area is 808 Å². The van der Waals surface area contributed by atoms with Crippen molar-refractivity contribution in [2.75, 3.05) is 36.3 Å². The highest BCUT2D eigenvalue weighted by molar-refractivity contribution is 8.27. The molecule has 2 aliphatic heterocycles. The number of benzene rings is 10. The Hall–Kier alpha value is -13.5. The molecule has 3 aromatic heterocycles. The number of nitrogens with zero attached hydrogens (tertiary/aromatic N) is 6. The lowest BCUT2D eigenvalue weighted by molar-refractivity contribution is -0.384. The number of ether oxygens (including phenoxy) is 1. The number of unbranched alkanes of at least 4 members (excludes halogenated alkanes) is 1. The van der Waals surface area contributed by atoms with E-state index in [0.717, 1.165) is 142 Å². The summed E-state index contributed by atoms with van der Waals surface area (Å²) in [6, 6.07) is 74.6. The van der Waals surface area contributed by atoms with Gasteiger partial charge in [0, 0.05) is 38.8 Å². The third-order valence-electron chi connectivity index (χ3n) is 22.1. The number of aromatic carboxylic acids is 3. The highest BCUT2D eigenvalue weighted by Crippen LogP contribution is 2.46. The number of nitro groups is 1. The fraction of sp³-hybridized carbons (Fsp3) is 0.218. The van der Waals surface area contributed by atoms with Gasteiger partial charge in [0.2, 0.25) is 5.91 Å². The molecule has 2 radical (unpaired) electrons. The van der Waals surface area contributed by atoms with Crippen LogP contribution in [0.1, 0.15) is 154 Å². The Balaban J connectivity index is 0.000000178. The summed E-state index contributed by atoms with van der Waals surface area (Å²) in [5.74, 6) is -2.79. The minimum absolute atomic E-state index is 0.0221. The molecule has 708 valence electrons. The summed E-state index contributed by atoms with van der Waals surface area (Å²) in [7, 11) is 8.93. The number of rotatable bonds is 24. The third kappa shape index (κ3) is 28.3. The third-order valence-corrected chi connectivity index (χ3v) is 25.5. The van der Waals surface area contributed by atoms with Gasteiger partial charge in [0.05, 0.1) is 90.3 Å². The first kappa shape index (κ1) is 104. The summed E-state index contributed by atoms with van der Waals surface area (Å²) in [6.07, 6.45) is 6.64. The number of carboxylic acid groups (broad SMARTS) is 3. The topological polar surface area (TPSA) is 363 Å². The van der Waals surface area contributed by atoms with Crippen LogP contribution >= 0.6 is 50.8 Å². The predicted octanol–water partition coefficient (Wildman–Crippen LogP) is 20.4. The molecule has 3 amide bonds. The van der Waals surface area contributed by atoms with Crippen molar-refractivity contribution in [3.63, 3.8) is 0 Å². The van der Waals surface area contributed by atoms with E-state index in [0.29, 0.717) is 82.1 Å². The summed E-state index contributed by atoms with van der Waals surface area (Å²) in [5, 5.41) is 47.7. The average molecular weight is 1970 g/mol. The summed E-state index contributed by atoms with van der Waals surface area (Å²) in [5.41, 5.74) is 10.5. The van der Waals surface area contributed by atoms with E-state index in [9.17, 15) is 75.2 Å². The van der Waals surface area contributed by atoms with Crippen molar-refractivity contribution in [3.8, 4) is 22.7 Å². The van der Waals surface area contributed by atoms with Gasteiger partial charge in [-0.2, -0.15) is 13.2 Å². The molecule has 10 aromatic carbocycles. The van der Waals surface area contributed by atoms with Crippen LogP contribution in [0.25, 0.3) is 33.9 Å². The number of aromatic nitrogens is 3. The number of fused-ring (bicyclic) bond motifs is 5. The van der Waals surface area contributed by atoms with Crippen LogP contribution in [0.3, 0.4) is 0 Å². The standard InChI is InChI=1S/C26H22N4O3.C25H32N2O5S.C18H10F3NO3S2.C17H17NO4.C14H12O2.CH5P.BH2NP2/c1-15-13-14-19(33-15)21-24-23-20(25(31)29(3)26(32)28(23)2)22(16-9-5-4-6-10-16)30(24)18-12-8-7-11-17(18)27-21;1-18-8-13-23(32-2)22(16-18)25(29)26-15-14-19-9-11-21(12-10-19)33(30,31)17-24(28)27-20-6-4-3-5-7-20;19-18(20,21)12-2-1-3-13(9-12)22-15(23)14(27-17(22)26)8-10-4-6-11(7-5-10)16(24)25;19-17(20)16-12-15(18(21)22)11-10-14(16)9-5-4-8-13-6-2-1-3-7-13;15-14(16)13-9-5-4-8-12(13)10-11-6-2-1-3-7-11;1-2;1-4-2-3/h4-14,21,27H,1-3H3;8-13,16,20H,3-7,14-15,17H2,1-2H3,(H,26,29)(H,27,28);1-9H,(H,24,25);1-3,6-7,10-12H,4-5,8-9H2,(H,19,20);1-9H,10H2,(H,15,16);2H2,1H3;3H2/b;;14-8-;;;;/i;;;;;2D;. The number of para-hydroxylation sites is 2. The number of alkyl halides is 3. The normalized spacial score (nSPS) is 13.6. The van der Waals surface area contributed by atoms with Gasteiger partial charge in [-0.05, 0) is 205 Å². The summed E-state index contributed by atoms with van der Waals surface area (Å²) in [6.45, 7) is 6.02. The van der Waals surface area contributed by atoms with E-state index in [4.69, 9.17) is 40.4 Å². The zero-order chi connectivity index (χ0) is 99.9. The van der Waals surface area contributed by atoms with Gasteiger partial charge in [-0.25, -0.2) is 27.6 Å². The first-order valence-corrected chi connectivity index (χ1v) is 48.3. The average Bonchev–Trinajstić information content (AvgIpc) is 1.54. The van der Waals surface area contributed by atoms with Crippen LogP contribution in [-0.2, 0) is 65.4 Å². The van der Waals surface area contributed by atoms with Gasteiger partial charge in [-0.3, -0.25) is 47.8 Å². The van der Waals surface area contributed by atoms with Gasteiger partial charge in [-0.1, -0.05) is 228 Å². The van der Waals surface area contributed by atoms with Crippen molar-refractivity contribution >= 4 is 142 Å². The fourth-order valence-corrected chi connectivity index (χ4v) is 17.9. The molecule has 36 heteroatoms. The number of amides is 3. The lowest BCUT2D eigenvalue weighted by atomic mass is 9.95. The van der Waals surface area contributed by atoms with Crippen LogP contribution in [0.5, 0.6) is 5.75 Å². The number of methoxy groups -OCH3 is 1. The predicted molar refractivity (Wildman–Crippen MR) is 542 cm³/mol. The minimum atomic E-state index is -4.53. The summed E-state index contributed by atoms with van der Waals surface area (Å²) < 4.78 is 89.8. The molecule has 0 spiro atoms. The molecule has 6 N–H and O–H groups in total. The Bertz CT molecular complexity index is 6830. The van der Waals surface area contributed by atoms with Crippen LogP contribution in [0, 0.1) is 24.0 Å². The van der Waals surface area contributed by atoms with Crippen LogP contribution in [-0.4, -0.2) is 123 Å². The van der Waals surface area contributed by atoms with Gasteiger partial charge in [-0.15, -0.1) is 9.18 Å². The van der Waals surface area contributed by atoms with Gasteiger partial charge >= 0.3 is 29.8 Å². The lowest BCUT2D eigenvalue weighted by Crippen LogP contribution is -2.39. The second-order valence-electron chi connectivity index (χ2n) is 31.4. The van der Waals surface area contributed by atoms with Gasteiger partial charge in [0.15, 0.2) is 21.7 Å². The maximum absolute atomic E-state index is 13.6. The molecule has 0 bridgehead atoms. The molecule has 2 fully saturated rings. The molecular formula is C101H100BF3N9O17P3S3. The number of sulfone groups is 1. The Morgan fingerprint density at radius 3 is 1.94 bits per heavy atom. The molecule has 3 aliphatic rings. The van der Waals surface area contributed by atoms with E-state index >= 15 is 0 Å². The number of carbonyl (C=O) groups excluding carboxylic acids is 3. The van der Waals surface area contributed by atoms with Crippen molar-refractivity contribution in [1.29, 1.82) is 1.28 Å². The first-order valence-electron chi connectivity index (χ1n) is 43.5. The number of carbonyl (C=O) groups is 6. The number of aryl methyl sites for hydroxylation is 5. The number of thiocarbonyl (C=S) groups is 1. The SMILES string of the molecule is COc1ccc(C)cc1C(=O)NCCc1ccc(S(=O)(=O)CC(=O)NC2CCCCC2)cc1.Cc1ccc(C2Nc3ccccc3-n3c(-c4ccccc4)c4c(=O)n(C)c(=O)n(C)c4c32)o1.O=C(O)c1cc([N+](=O)[O-])ccc1CCCCc1ccccc1.O=C(O)c1ccc(/C=C2\SC(=S)N(c3cccc(C(F)(F)F)c3)C2=O)cc1.O=C(O)c1ccccc1Cc1ccccc1.[2H]PC.[B]P=NP. The highest BCUT2D eigenvalue weighted by Gasteiger charge is 2.39. The van der Waals surface area contributed by atoms with Crippen molar-refractivity contribution < 1.29 is 79.8 Å². The van der Waals surface area contributed by atoms with Crippen molar-refractivity contribution in [3.05, 3.63) is 381 Å². The number of hydrogen-bond acceptors (Lipinski definition) is 18. The van der Waals surface area contributed by atoms with Crippen LogP contribution in [0.15, 0.2) is 289 Å². The number of furan rings is 1. The van der Waals surface area contributed by atoms with Crippen molar-refractivity contribution in [2.45, 2.75) is 108 Å². The molecule has 13 aromatic rings. The van der Waals surface area contributed by atoms with E-state index in [-0.39, 0.29) is 65.9 Å². The van der Waals surface area contributed by atoms with Crippen molar-refractivity contribution in [2.24, 2.45) is 18.6 Å². The molecule has 3 atom stereocenters. The lowest BCUT2D eigenvalue weighted by Gasteiger charge is -2.29. The highest BCUT2D eigenvalue weighted by atomic mass is 32.2. The van der Waals surface area contributed by atoms with E-state index in [1.807, 2.05) is 154 Å². The van der Waals surface area contributed by atoms with E-state index in [2.05, 4.69) is 46.6 Å². The minimum Gasteiger partial charge on any atom is -0.496 e. The number of halogens is 3. The van der Waals surface area contributed by atoms with Crippen LogP contribution in [0.4, 0.5) is 30.2 Å². The van der Waals surface area contributed by atoms with Gasteiger partial charge < -0.3 is 45.0 Å². The quantitative estimate of drug-likeness (QED) is 0.00622. The zero-order valence-corrected chi connectivity index (χ0v) is 81.0. The molecular weight excluding hydrogens is 1870 g/mol. The van der Waals surface area contributed by atoms with Gasteiger partial charge in [0.25, 0.3) is 23.1 Å². The number of carboxylic acids is 3. The molecule has 16 rings (SSSR count). The molecule has 3 unspecified atom stereocenters. The number of anilines is 2. The number of thioether (sulfide) groups is 1. The number of nitrogens with one attached hydrogen (secondary N) is 3. The first-order chi connectivity index (χ1) is 66.1. The molecule has 1 saturated heterocycles. The monoisotopic (exact) mass is 1970 g/mol. The number of non-ortho nitro benzene ring substituents is 1. The molecule has 137 heavy (non-hydrogen) atoms. The largest absolute Gasteiger partial charge is 0.496 e. The van der Waals surface area contributed by atoms with Crippen molar-refractivity contribution in [1.82, 2.24) is 24.3 Å². The number of hydrogen-bond donors (Lipinski definition) is 6. The van der Waals surface area contributed by atoms with E-state index < -0.39 is 62.0 Å². The molecule has 26 nitrogen and oxygen atoms in total. The summed E-state index contributed by atoms with van der Waals surface area (Å²) in [4.78, 5) is 109. The fourth-order valence-electron chi connectivity index (χ4n) is 15.4. The van der Waals surface area contributed by atoms with Gasteiger partial charge in [0.1, 0.15) is 29.1 Å². The molecule has 1 saturated carbocycles. The Morgan fingerprint density at radius 1 is 0.715 bits per heavy atom. The Kier molecular flexibility index (Phi) is 38.2. The molecule has 5 heterocycles. The van der Waals surface area contributed by atoms with Crippen LogP contribution < -0.4 is 36.8 Å². The van der Waals surface area contributed by atoms with E-state index in [1.165, 1.54) is 91.4 Å². The van der Waals surface area contributed by atoms with E-state index in [1.54, 1.807) is 54.1 Å². The smallest absolute Gasteiger partial charge is 0.416 e. The summed E-state index contributed by atoms with van der Waals surface area (Å²) >= 11 is 6.12. The maximum atomic E-state index is 13.6. The molecule has 1 aliphatic carbocycles.